The molecule has 18 heavy (non-hydrogen) atoms. The van der Waals surface area contributed by atoms with Crippen molar-refractivity contribution in [1.82, 2.24) is 9.88 Å². The highest BCUT2D eigenvalue weighted by Crippen LogP contribution is 2.19. The molecule has 3 N–H and O–H groups in total. The zero-order valence-electron chi connectivity index (χ0n) is 10.9. The molecule has 1 aliphatic heterocycles. The van der Waals surface area contributed by atoms with Gasteiger partial charge in [0, 0.05) is 24.3 Å². The van der Waals surface area contributed by atoms with Crippen LogP contribution in [-0.4, -0.2) is 41.1 Å². The summed E-state index contributed by atoms with van der Waals surface area (Å²) in [4.78, 5) is 7.11. The fraction of sp³-hybridized carbons (Fsp3) is 0.538. The van der Waals surface area contributed by atoms with Gasteiger partial charge >= 0.3 is 0 Å². The summed E-state index contributed by atoms with van der Waals surface area (Å²) < 4.78 is 0. The van der Waals surface area contributed by atoms with E-state index in [2.05, 4.69) is 29.2 Å². The molecule has 2 atom stereocenters. The maximum atomic E-state index is 5.55. The number of anilines is 1. The predicted molar refractivity (Wildman–Crippen MR) is 78.8 cm³/mol. The second kappa shape index (κ2) is 5.63. The Balaban J connectivity index is 1.99. The van der Waals surface area contributed by atoms with Gasteiger partial charge < -0.3 is 16.0 Å². The molecule has 1 aliphatic rings. The molecule has 2 rings (SSSR count). The molecule has 0 aliphatic carbocycles. The molecule has 2 unspecified atom stereocenters. The van der Waals surface area contributed by atoms with E-state index in [9.17, 15) is 0 Å². The van der Waals surface area contributed by atoms with E-state index in [1.807, 2.05) is 12.1 Å². The van der Waals surface area contributed by atoms with E-state index in [4.69, 9.17) is 18.0 Å². The molecule has 0 radical (unpaired) electrons. The van der Waals surface area contributed by atoms with Crippen LogP contribution in [0.4, 0.5) is 5.82 Å². The molecule has 98 valence electrons. The molecule has 0 saturated carbocycles. The van der Waals surface area contributed by atoms with Crippen molar-refractivity contribution in [2.24, 2.45) is 11.7 Å². The van der Waals surface area contributed by atoms with E-state index in [0.29, 0.717) is 16.9 Å². The number of nitrogens with two attached hydrogens (primary N) is 1. The Morgan fingerprint density at radius 3 is 2.89 bits per heavy atom. The quantitative estimate of drug-likeness (QED) is 0.810. The van der Waals surface area contributed by atoms with Crippen LogP contribution >= 0.6 is 12.2 Å². The van der Waals surface area contributed by atoms with Crippen LogP contribution in [0.15, 0.2) is 18.3 Å². The minimum atomic E-state index is 0.390. The van der Waals surface area contributed by atoms with Crippen molar-refractivity contribution in [2.75, 3.05) is 25.5 Å². The van der Waals surface area contributed by atoms with Crippen molar-refractivity contribution >= 4 is 23.0 Å². The van der Waals surface area contributed by atoms with E-state index in [-0.39, 0.29) is 0 Å². The summed E-state index contributed by atoms with van der Waals surface area (Å²) in [6, 6.07) is 4.35. The third-order valence-corrected chi connectivity index (χ3v) is 3.73. The molecular weight excluding hydrogens is 244 g/mol. The Labute approximate surface area is 114 Å². The van der Waals surface area contributed by atoms with Gasteiger partial charge in [0.15, 0.2) is 0 Å². The molecule has 0 spiro atoms. The minimum absolute atomic E-state index is 0.390. The van der Waals surface area contributed by atoms with Gasteiger partial charge in [0.05, 0.1) is 0 Å². The number of aromatic nitrogens is 1. The number of piperidine rings is 1. The summed E-state index contributed by atoms with van der Waals surface area (Å²) in [5.41, 5.74) is 6.36. The average Bonchev–Trinajstić information content (AvgIpc) is 2.33. The molecule has 0 aromatic carbocycles. The zero-order valence-corrected chi connectivity index (χ0v) is 11.7. The summed E-state index contributed by atoms with van der Waals surface area (Å²) in [5.74, 6) is 1.53. The molecule has 0 bridgehead atoms. The molecular formula is C13H20N4S. The van der Waals surface area contributed by atoms with Crippen LogP contribution in [-0.2, 0) is 0 Å². The number of nitrogens with zero attached hydrogens (tertiary/aromatic N) is 2. The van der Waals surface area contributed by atoms with Crippen LogP contribution in [0, 0.1) is 5.92 Å². The highest BCUT2D eigenvalue weighted by atomic mass is 32.1. The highest BCUT2D eigenvalue weighted by molar-refractivity contribution is 7.80. The first-order valence-electron chi connectivity index (χ1n) is 6.27. The topological polar surface area (TPSA) is 54.2 Å². The molecule has 1 saturated heterocycles. The second-order valence-corrected chi connectivity index (χ2v) is 5.52. The number of rotatable bonds is 3. The Kier molecular flexibility index (Phi) is 4.14. The molecule has 1 aromatic rings. The van der Waals surface area contributed by atoms with E-state index >= 15 is 0 Å². The fourth-order valence-electron chi connectivity index (χ4n) is 2.38. The largest absolute Gasteiger partial charge is 0.389 e. The summed E-state index contributed by atoms with van der Waals surface area (Å²) in [6.07, 6.45) is 2.88. The van der Waals surface area contributed by atoms with Crippen LogP contribution in [0.25, 0.3) is 0 Å². The molecule has 5 heteroatoms. The third-order valence-electron chi connectivity index (χ3n) is 3.49. The Morgan fingerprint density at radius 2 is 2.33 bits per heavy atom. The molecule has 2 heterocycles. The van der Waals surface area contributed by atoms with Crippen LogP contribution in [0.2, 0.25) is 0 Å². The maximum absolute atomic E-state index is 5.55. The van der Waals surface area contributed by atoms with Gasteiger partial charge in [0.1, 0.15) is 10.8 Å². The van der Waals surface area contributed by atoms with Gasteiger partial charge in [0.2, 0.25) is 0 Å². The molecule has 1 aromatic heterocycles. The number of nitrogens with one attached hydrogen (secondary N) is 1. The average molecular weight is 264 g/mol. The number of hydrogen-bond donors (Lipinski definition) is 2. The first kappa shape index (κ1) is 13.2. The normalized spacial score (nSPS) is 24.8. The first-order valence-corrected chi connectivity index (χ1v) is 6.68. The molecule has 0 amide bonds. The maximum Gasteiger partial charge on any atom is 0.126 e. The molecule has 1 fully saturated rings. The Bertz CT molecular complexity index is 418. The summed E-state index contributed by atoms with van der Waals surface area (Å²) in [6.45, 7) is 4.53. The lowest BCUT2D eigenvalue weighted by Gasteiger charge is -2.35. The van der Waals surface area contributed by atoms with Crippen molar-refractivity contribution in [2.45, 2.75) is 19.4 Å². The number of hydrogen-bond acceptors (Lipinski definition) is 4. The Hall–Kier alpha value is -1.20. The lowest BCUT2D eigenvalue weighted by molar-refractivity contribution is 0.206. The van der Waals surface area contributed by atoms with Crippen molar-refractivity contribution in [1.29, 1.82) is 0 Å². The van der Waals surface area contributed by atoms with Gasteiger partial charge in [-0.2, -0.15) is 0 Å². The number of thiocarbonyl (C=S) groups is 1. The van der Waals surface area contributed by atoms with E-state index in [0.717, 1.165) is 30.9 Å². The smallest absolute Gasteiger partial charge is 0.126 e. The Morgan fingerprint density at radius 1 is 1.56 bits per heavy atom. The first-order chi connectivity index (χ1) is 8.56. The number of likely N-dealkylation sites (tertiary alicyclic amines) is 1. The monoisotopic (exact) mass is 264 g/mol. The van der Waals surface area contributed by atoms with Gasteiger partial charge in [-0.25, -0.2) is 4.98 Å². The lowest BCUT2D eigenvalue weighted by atomic mass is 9.94. The van der Waals surface area contributed by atoms with Crippen molar-refractivity contribution in [3.05, 3.63) is 23.9 Å². The lowest BCUT2D eigenvalue weighted by Crippen LogP contribution is -2.43. The summed E-state index contributed by atoms with van der Waals surface area (Å²) in [7, 11) is 2.17. The molecule has 4 nitrogen and oxygen atoms in total. The standard InChI is InChI=1S/C13H20N4S/c1-9-8-17(2)6-5-11(9)16-12-4-3-10(7-15-12)13(14)18/h3-4,7,9,11H,5-6,8H2,1-2H3,(H2,14,18)(H,15,16). The van der Waals surface area contributed by atoms with Gasteiger partial charge in [0.25, 0.3) is 0 Å². The van der Waals surface area contributed by atoms with E-state index in [1.165, 1.54) is 0 Å². The van der Waals surface area contributed by atoms with Gasteiger partial charge in [-0.05, 0) is 38.1 Å². The van der Waals surface area contributed by atoms with E-state index in [1.54, 1.807) is 6.20 Å². The van der Waals surface area contributed by atoms with Crippen molar-refractivity contribution < 1.29 is 0 Å². The fourth-order valence-corrected chi connectivity index (χ4v) is 2.50. The van der Waals surface area contributed by atoms with Crippen LogP contribution in [0.3, 0.4) is 0 Å². The SMILES string of the molecule is CC1CN(C)CCC1Nc1ccc(C(N)=S)cn1. The summed E-state index contributed by atoms with van der Waals surface area (Å²) in [5, 5.41) is 3.50. The van der Waals surface area contributed by atoms with Gasteiger partial charge in [-0.3, -0.25) is 0 Å². The third kappa shape index (κ3) is 3.17. The zero-order chi connectivity index (χ0) is 13.1. The predicted octanol–water partition coefficient (Wildman–Crippen LogP) is 1.47. The van der Waals surface area contributed by atoms with Crippen LogP contribution in [0.1, 0.15) is 18.9 Å². The van der Waals surface area contributed by atoms with Gasteiger partial charge in [-0.1, -0.05) is 19.1 Å². The van der Waals surface area contributed by atoms with E-state index < -0.39 is 0 Å². The highest BCUT2D eigenvalue weighted by Gasteiger charge is 2.24. The second-order valence-electron chi connectivity index (χ2n) is 5.08. The van der Waals surface area contributed by atoms with Crippen LogP contribution < -0.4 is 11.1 Å². The number of pyridine rings is 1. The van der Waals surface area contributed by atoms with Crippen LogP contribution in [0.5, 0.6) is 0 Å². The van der Waals surface area contributed by atoms with Crippen molar-refractivity contribution in [3.8, 4) is 0 Å². The summed E-state index contributed by atoms with van der Waals surface area (Å²) >= 11 is 4.91. The van der Waals surface area contributed by atoms with Gasteiger partial charge in [-0.15, -0.1) is 0 Å². The van der Waals surface area contributed by atoms with Crippen molar-refractivity contribution in [3.63, 3.8) is 0 Å². The minimum Gasteiger partial charge on any atom is -0.389 e.